The molecule has 0 N–H and O–H groups in total. The molecule has 6 heteroatoms. The van der Waals surface area contributed by atoms with E-state index in [0.29, 0.717) is 31.1 Å². The zero-order valence-corrected chi connectivity index (χ0v) is 14.6. The van der Waals surface area contributed by atoms with Crippen LogP contribution in [0, 0.1) is 5.92 Å². The number of piperidine rings is 1. The summed E-state index contributed by atoms with van der Waals surface area (Å²) in [6.07, 6.45) is 3.17. The molecular weight excluding hydrogens is 320 g/mol. The molecule has 0 aromatic heterocycles. The van der Waals surface area contributed by atoms with Crippen LogP contribution < -0.4 is 9.47 Å². The van der Waals surface area contributed by atoms with Crippen molar-refractivity contribution in [3.05, 3.63) is 23.8 Å². The summed E-state index contributed by atoms with van der Waals surface area (Å²) < 4.78 is 10.7. The third-order valence-corrected chi connectivity index (χ3v) is 5.50. The highest BCUT2D eigenvalue weighted by atomic mass is 16.7. The van der Waals surface area contributed by atoms with Gasteiger partial charge in [0.1, 0.15) is 6.04 Å². The van der Waals surface area contributed by atoms with Crippen LogP contribution in [0.1, 0.15) is 38.2 Å². The maximum absolute atomic E-state index is 12.9. The molecule has 0 bridgehead atoms. The predicted molar refractivity (Wildman–Crippen MR) is 91.1 cm³/mol. The number of likely N-dealkylation sites (tertiary alicyclic amines) is 2. The largest absolute Gasteiger partial charge is 0.454 e. The summed E-state index contributed by atoms with van der Waals surface area (Å²) in [5.41, 5.74) is 0.963. The normalized spacial score (nSPS) is 23.4. The van der Waals surface area contributed by atoms with Crippen LogP contribution in [0.3, 0.4) is 0 Å². The predicted octanol–water partition coefficient (Wildman–Crippen LogP) is 2.16. The van der Waals surface area contributed by atoms with E-state index in [-0.39, 0.29) is 24.6 Å². The molecule has 0 aliphatic carbocycles. The van der Waals surface area contributed by atoms with Crippen LogP contribution in [0.2, 0.25) is 0 Å². The van der Waals surface area contributed by atoms with Gasteiger partial charge >= 0.3 is 0 Å². The first-order valence-electron chi connectivity index (χ1n) is 9.08. The van der Waals surface area contributed by atoms with E-state index in [1.165, 1.54) is 0 Å². The van der Waals surface area contributed by atoms with Gasteiger partial charge in [-0.2, -0.15) is 0 Å². The molecule has 6 nitrogen and oxygen atoms in total. The fraction of sp³-hybridized carbons (Fsp3) is 0.579. The maximum atomic E-state index is 12.9. The molecule has 1 aromatic rings. The number of carbonyl (C=O) groups is 2. The van der Waals surface area contributed by atoms with Gasteiger partial charge in [0.2, 0.25) is 18.6 Å². The van der Waals surface area contributed by atoms with Gasteiger partial charge in [0, 0.05) is 26.1 Å². The van der Waals surface area contributed by atoms with Gasteiger partial charge in [0.15, 0.2) is 11.5 Å². The molecule has 1 atom stereocenters. The number of hydrogen-bond donors (Lipinski definition) is 0. The summed E-state index contributed by atoms with van der Waals surface area (Å²) in [6.45, 7) is 4.52. The first-order valence-corrected chi connectivity index (χ1v) is 9.08. The van der Waals surface area contributed by atoms with Crippen LogP contribution in [-0.2, 0) is 16.1 Å². The highest BCUT2D eigenvalue weighted by Crippen LogP contribution is 2.34. The van der Waals surface area contributed by atoms with Crippen molar-refractivity contribution in [1.82, 2.24) is 9.80 Å². The zero-order valence-electron chi connectivity index (χ0n) is 14.6. The Morgan fingerprint density at radius 3 is 2.72 bits per heavy atom. The van der Waals surface area contributed by atoms with Crippen LogP contribution in [0.5, 0.6) is 11.5 Å². The number of carbonyl (C=O) groups excluding carboxylic acids is 2. The van der Waals surface area contributed by atoms with Gasteiger partial charge in [0.25, 0.3) is 0 Å². The van der Waals surface area contributed by atoms with Crippen molar-refractivity contribution in [3.63, 3.8) is 0 Å². The van der Waals surface area contributed by atoms with Gasteiger partial charge in [0.05, 0.1) is 0 Å². The number of hydrogen-bond acceptors (Lipinski definition) is 4. The van der Waals surface area contributed by atoms with Crippen molar-refractivity contribution in [3.8, 4) is 11.5 Å². The summed E-state index contributed by atoms with van der Waals surface area (Å²) in [7, 11) is 0. The topological polar surface area (TPSA) is 59.1 Å². The van der Waals surface area contributed by atoms with E-state index < -0.39 is 0 Å². The minimum Gasteiger partial charge on any atom is -0.454 e. The zero-order chi connectivity index (χ0) is 17.4. The third kappa shape index (κ3) is 3.17. The lowest BCUT2D eigenvalue weighted by Gasteiger charge is -2.34. The van der Waals surface area contributed by atoms with E-state index in [2.05, 4.69) is 6.92 Å². The smallest absolute Gasteiger partial charge is 0.245 e. The minimum atomic E-state index is -0.327. The van der Waals surface area contributed by atoms with E-state index in [0.717, 1.165) is 37.2 Å². The highest BCUT2D eigenvalue weighted by Gasteiger charge is 2.38. The summed E-state index contributed by atoms with van der Waals surface area (Å²) >= 11 is 0. The average Bonchev–Trinajstić information content (AvgIpc) is 3.22. The molecule has 3 aliphatic heterocycles. The summed E-state index contributed by atoms with van der Waals surface area (Å²) in [5, 5.41) is 0. The molecule has 2 amide bonds. The van der Waals surface area contributed by atoms with E-state index in [1.54, 1.807) is 4.90 Å². The Morgan fingerprint density at radius 2 is 1.92 bits per heavy atom. The second-order valence-electron chi connectivity index (χ2n) is 7.27. The first kappa shape index (κ1) is 16.2. The Hall–Kier alpha value is -2.24. The van der Waals surface area contributed by atoms with Crippen LogP contribution >= 0.6 is 0 Å². The molecular formula is C19H24N2O4. The van der Waals surface area contributed by atoms with Gasteiger partial charge in [-0.3, -0.25) is 9.59 Å². The summed E-state index contributed by atoms with van der Waals surface area (Å²) in [4.78, 5) is 29.0. The quantitative estimate of drug-likeness (QED) is 0.843. The minimum absolute atomic E-state index is 0.0568. The third-order valence-electron chi connectivity index (χ3n) is 5.50. The fourth-order valence-electron chi connectivity index (χ4n) is 3.86. The van der Waals surface area contributed by atoms with Gasteiger partial charge < -0.3 is 19.3 Å². The number of amides is 2. The number of benzene rings is 1. The fourth-order valence-corrected chi connectivity index (χ4v) is 3.86. The van der Waals surface area contributed by atoms with Gasteiger partial charge in [-0.25, -0.2) is 0 Å². The van der Waals surface area contributed by atoms with Crippen LogP contribution in [0.4, 0.5) is 0 Å². The van der Waals surface area contributed by atoms with E-state index in [4.69, 9.17) is 9.47 Å². The SMILES string of the molecule is CC1CCN(C(=O)C2CCC(=O)N2Cc2ccc3c(c2)OCO3)CC1. The Morgan fingerprint density at radius 1 is 1.16 bits per heavy atom. The average molecular weight is 344 g/mol. The molecule has 0 spiro atoms. The Kier molecular flexibility index (Phi) is 4.27. The number of fused-ring (bicyclic) bond motifs is 1. The van der Waals surface area contributed by atoms with Crippen molar-refractivity contribution >= 4 is 11.8 Å². The second kappa shape index (κ2) is 6.58. The molecule has 2 fully saturated rings. The monoisotopic (exact) mass is 344 g/mol. The lowest BCUT2D eigenvalue weighted by Crippen LogP contribution is -2.48. The molecule has 25 heavy (non-hydrogen) atoms. The molecule has 0 radical (unpaired) electrons. The Labute approximate surface area is 147 Å². The van der Waals surface area contributed by atoms with E-state index >= 15 is 0 Å². The Bertz CT molecular complexity index is 682. The molecule has 1 unspecified atom stereocenters. The van der Waals surface area contributed by atoms with Crippen molar-refractivity contribution in [2.24, 2.45) is 5.92 Å². The van der Waals surface area contributed by atoms with E-state index in [1.807, 2.05) is 23.1 Å². The first-order chi connectivity index (χ1) is 12.1. The van der Waals surface area contributed by atoms with Gasteiger partial charge in [-0.15, -0.1) is 0 Å². The number of nitrogens with zero attached hydrogens (tertiary/aromatic N) is 2. The molecule has 134 valence electrons. The summed E-state index contributed by atoms with van der Waals surface area (Å²) in [6, 6.07) is 5.37. The van der Waals surface area contributed by atoms with E-state index in [9.17, 15) is 9.59 Å². The van der Waals surface area contributed by atoms with Crippen LogP contribution in [-0.4, -0.2) is 47.5 Å². The Balaban J connectivity index is 1.47. The standard InChI is InChI=1S/C19H24N2O4/c1-13-6-8-20(9-7-13)19(23)15-3-5-18(22)21(15)11-14-2-4-16-17(10-14)25-12-24-16/h2,4,10,13,15H,3,5-9,11-12H2,1H3. The molecule has 4 rings (SSSR count). The lowest BCUT2D eigenvalue weighted by atomic mass is 9.98. The molecule has 2 saturated heterocycles. The highest BCUT2D eigenvalue weighted by molar-refractivity contribution is 5.91. The van der Waals surface area contributed by atoms with Crippen molar-refractivity contribution < 1.29 is 19.1 Å². The number of ether oxygens (including phenoxy) is 2. The maximum Gasteiger partial charge on any atom is 0.245 e. The second-order valence-corrected chi connectivity index (χ2v) is 7.27. The van der Waals surface area contributed by atoms with Crippen molar-refractivity contribution in [1.29, 1.82) is 0 Å². The molecule has 1 aromatic carbocycles. The van der Waals surface area contributed by atoms with Gasteiger partial charge in [-0.05, 0) is 42.9 Å². The van der Waals surface area contributed by atoms with Crippen LogP contribution in [0.25, 0.3) is 0 Å². The summed E-state index contributed by atoms with van der Waals surface area (Å²) in [5.74, 6) is 2.28. The molecule has 3 heterocycles. The number of rotatable bonds is 3. The van der Waals surface area contributed by atoms with Crippen molar-refractivity contribution in [2.75, 3.05) is 19.9 Å². The lowest BCUT2D eigenvalue weighted by molar-refractivity contribution is -0.142. The molecule has 3 aliphatic rings. The van der Waals surface area contributed by atoms with Crippen molar-refractivity contribution in [2.45, 2.75) is 45.2 Å². The molecule has 0 saturated carbocycles. The van der Waals surface area contributed by atoms with Crippen LogP contribution in [0.15, 0.2) is 18.2 Å². The van der Waals surface area contributed by atoms with Gasteiger partial charge in [-0.1, -0.05) is 13.0 Å².